The lowest BCUT2D eigenvalue weighted by Gasteiger charge is -2.12. The lowest BCUT2D eigenvalue weighted by Crippen LogP contribution is -2.02. The van der Waals surface area contributed by atoms with Crippen molar-refractivity contribution in [3.05, 3.63) is 35.4 Å². The number of methoxy groups -OCH3 is 1. The van der Waals surface area contributed by atoms with Crippen molar-refractivity contribution in [2.75, 3.05) is 7.11 Å². The molecular formula is C14H16O4. The molecule has 0 amide bonds. The van der Waals surface area contributed by atoms with E-state index >= 15 is 0 Å². The monoisotopic (exact) mass is 248 g/mol. The zero-order valence-corrected chi connectivity index (χ0v) is 10.6. The van der Waals surface area contributed by atoms with E-state index in [0.717, 1.165) is 11.1 Å². The molecule has 4 heteroatoms. The minimum atomic E-state index is -0.445. The third kappa shape index (κ3) is 3.20. The Balaban J connectivity index is 3.26. The van der Waals surface area contributed by atoms with E-state index in [1.807, 2.05) is 13.8 Å². The van der Waals surface area contributed by atoms with E-state index in [1.54, 1.807) is 12.1 Å². The molecule has 0 heterocycles. The van der Waals surface area contributed by atoms with E-state index in [0.29, 0.717) is 6.29 Å². The van der Waals surface area contributed by atoms with E-state index in [9.17, 15) is 14.7 Å². The summed E-state index contributed by atoms with van der Waals surface area (Å²) in [4.78, 5) is 22.1. The number of carbonyl (C=O) groups excluding carboxylic acids is 2. The Bertz CT molecular complexity index is 487. The van der Waals surface area contributed by atoms with Crippen LogP contribution < -0.4 is 0 Å². The fraction of sp³-hybridized carbons (Fsp3) is 0.286. The number of aldehydes is 1. The number of allylic oxidation sites excluding steroid dienone is 1. The molecule has 0 unspecified atom stereocenters. The summed E-state index contributed by atoms with van der Waals surface area (Å²) in [5, 5.41) is 9.44. The van der Waals surface area contributed by atoms with Gasteiger partial charge in [-0.05, 0) is 29.2 Å². The average Bonchev–Trinajstić information content (AvgIpc) is 2.36. The summed E-state index contributed by atoms with van der Waals surface area (Å²) in [7, 11) is 1.31. The van der Waals surface area contributed by atoms with Crippen LogP contribution in [0.4, 0.5) is 0 Å². The number of benzene rings is 1. The van der Waals surface area contributed by atoms with Crippen molar-refractivity contribution >= 4 is 17.8 Å². The van der Waals surface area contributed by atoms with Crippen LogP contribution in [0.2, 0.25) is 0 Å². The lowest BCUT2D eigenvalue weighted by atomic mass is 9.93. The summed E-state index contributed by atoms with van der Waals surface area (Å²) in [5.41, 5.74) is 1.67. The molecular weight excluding hydrogens is 232 g/mol. The van der Waals surface area contributed by atoms with Crippen molar-refractivity contribution in [1.29, 1.82) is 0 Å². The maximum absolute atomic E-state index is 11.3. The van der Waals surface area contributed by atoms with Gasteiger partial charge in [-0.25, -0.2) is 4.79 Å². The number of aromatic hydroxyl groups is 1. The van der Waals surface area contributed by atoms with Gasteiger partial charge in [-0.3, -0.25) is 4.79 Å². The van der Waals surface area contributed by atoms with Crippen LogP contribution in [0.15, 0.2) is 24.3 Å². The van der Waals surface area contributed by atoms with Gasteiger partial charge in [0.05, 0.1) is 12.7 Å². The van der Waals surface area contributed by atoms with Crippen LogP contribution in [0.1, 0.15) is 29.8 Å². The van der Waals surface area contributed by atoms with Crippen LogP contribution in [0.5, 0.6) is 5.75 Å². The van der Waals surface area contributed by atoms with Crippen molar-refractivity contribution in [2.45, 2.75) is 13.8 Å². The maximum atomic E-state index is 11.3. The molecule has 96 valence electrons. The van der Waals surface area contributed by atoms with Crippen LogP contribution >= 0.6 is 0 Å². The van der Waals surface area contributed by atoms with E-state index < -0.39 is 5.97 Å². The number of ether oxygens (including phenoxy) is 1. The van der Waals surface area contributed by atoms with E-state index in [-0.39, 0.29) is 17.2 Å². The highest BCUT2D eigenvalue weighted by Gasteiger charge is 2.11. The summed E-state index contributed by atoms with van der Waals surface area (Å²) in [6, 6.07) is 4.65. The topological polar surface area (TPSA) is 63.6 Å². The van der Waals surface area contributed by atoms with Gasteiger partial charge in [-0.1, -0.05) is 19.9 Å². The van der Waals surface area contributed by atoms with E-state index in [2.05, 4.69) is 4.74 Å². The molecule has 0 aromatic heterocycles. The van der Waals surface area contributed by atoms with E-state index in [1.165, 1.54) is 19.3 Å². The highest BCUT2D eigenvalue weighted by molar-refractivity contribution is 5.92. The molecule has 0 aliphatic carbocycles. The molecule has 4 nitrogen and oxygen atoms in total. The van der Waals surface area contributed by atoms with Gasteiger partial charge in [0.15, 0.2) is 6.29 Å². The Morgan fingerprint density at radius 2 is 2.06 bits per heavy atom. The second kappa shape index (κ2) is 6.00. The number of hydrogen-bond donors (Lipinski definition) is 1. The molecule has 0 fully saturated rings. The van der Waals surface area contributed by atoms with Gasteiger partial charge in [0.25, 0.3) is 0 Å². The number of esters is 1. The Kier molecular flexibility index (Phi) is 4.66. The Labute approximate surface area is 106 Å². The summed E-state index contributed by atoms with van der Waals surface area (Å²) >= 11 is 0. The fourth-order valence-corrected chi connectivity index (χ4v) is 1.60. The predicted molar refractivity (Wildman–Crippen MR) is 68.3 cm³/mol. The first-order chi connectivity index (χ1) is 8.49. The van der Waals surface area contributed by atoms with Crippen molar-refractivity contribution in [3.8, 4) is 5.75 Å². The zero-order chi connectivity index (χ0) is 13.7. The molecule has 0 bridgehead atoms. The molecule has 1 aromatic rings. The summed E-state index contributed by atoms with van der Waals surface area (Å²) < 4.78 is 4.60. The molecule has 18 heavy (non-hydrogen) atoms. The molecule has 0 saturated carbocycles. The smallest absolute Gasteiger partial charge is 0.330 e. The third-order valence-corrected chi connectivity index (χ3v) is 2.58. The van der Waals surface area contributed by atoms with Crippen molar-refractivity contribution < 1.29 is 19.4 Å². The van der Waals surface area contributed by atoms with Gasteiger partial charge in [-0.2, -0.15) is 0 Å². The minimum absolute atomic E-state index is 0.0741. The van der Waals surface area contributed by atoms with Gasteiger partial charge in [0.2, 0.25) is 0 Å². The molecule has 0 radical (unpaired) electrons. The van der Waals surface area contributed by atoms with Gasteiger partial charge in [-0.15, -0.1) is 0 Å². The van der Waals surface area contributed by atoms with Crippen LogP contribution in [-0.4, -0.2) is 24.5 Å². The number of carbonyl (C=O) groups is 2. The van der Waals surface area contributed by atoms with Crippen molar-refractivity contribution in [2.24, 2.45) is 5.92 Å². The molecule has 0 atom stereocenters. The van der Waals surface area contributed by atoms with Gasteiger partial charge < -0.3 is 9.84 Å². The number of rotatable bonds is 4. The van der Waals surface area contributed by atoms with Crippen LogP contribution in [-0.2, 0) is 9.53 Å². The Morgan fingerprint density at radius 1 is 1.39 bits per heavy atom. The van der Waals surface area contributed by atoms with Crippen molar-refractivity contribution in [3.63, 3.8) is 0 Å². The number of hydrogen-bond acceptors (Lipinski definition) is 4. The van der Waals surface area contributed by atoms with E-state index in [4.69, 9.17) is 0 Å². The largest absolute Gasteiger partial charge is 0.507 e. The number of phenolic OH excluding ortho intramolecular Hbond substituents is 1. The normalized spacial score (nSPS) is 11.4. The minimum Gasteiger partial charge on any atom is -0.507 e. The standard InChI is InChI=1S/C14H16O4/c1-9(2)12(7-14(17)18-3)10-4-5-13(16)11(6-10)8-15/h4-9,16H,1-3H3/b12-7-. The zero-order valence-electron chi connectivity index (χ0n) is 10.6. The number of phenols is 1. The third-order valence-electron chi connectivity index (χ3n) is 2.58. The lowest BCUT2D eigenvalue weighted by molar-refractivity contribution is -0.134. The highest BCUT2D eigenvalue weighted by atomic mass is 16.5. The molecule has 0 aliphatic heterocycles. The SMILES string of the molecule is COC(=O)/C=C(\c1ccc(O)c(C=O)c1)C(C)C. The van der Waals surface area contributed by atoms with Gasteiger partial charge >= 0.3 is 5.97 Å². The highest BCUT2D eigenvalue weighted by Crippen LogP contribution is 2.27. The molecule has 0 aliphatic rings. The summed E-state index contributed by atoms with van der Waals surface area (Å²) in [6.07, 6.45) is 1.97. The first-order valence-electron chi connectivity index (χ1n) is 5.57. The van der Waals surface area contributed by atoms with Crippen LogP contribution in [0, 0.1) is 5.92 Å². The second-order valence-electron chi connectivity index (χ2n) is 4.17. The predicted octanol–water partition coefficient (Wildman–Crippen LogP) is 2.42. The maximum Gasteiger partial charge on any atom is 0.330 e. The first kappa shape index (κ1) is 14.0. The molecule has 1 aromatic carbocycles. The summed E-state index contributed by atoms with van der Waals surface area (Å²) in [6.45, 7) is 3.87. The molecule has 1 N–H and O–H groups in total. The van der Waals surface area contributed by atoms with Gasteiger partial charge in [0, 0.05) is 6.08 Å². The molecule has 0 saturated heterocycles. The summed E-state index contributed by atoms with van der Waals surface area (Å²) in [5.74, 6) is -0.428. The quantitative estimate of drug-likeness (QED) is 0.505. The first-order valence-corrected chi connectivity index (χ1v) is 5.57. The second-order valence-corrected chi connectivity index (χ2v) is 4.17. The van der Waals surface area contributed by atoms with Crippen molar-refractivity contribution in [1.82, 2.24) is 0 Å². The molecule has 0 spiro atoms. The van der Waals surface area contributed by atoms with Gasteiger partial charge in [0.1, 0.15) is 5.75 Å². The van der Waals surface area contributed by atoms with Crippen LogP contribution in [0.3, 0.4) is 0 Å². The Morgan fingerprint density at radius 3 is 2.56 bits per heavy atom. The molecule has 1 rings (SSSR count). The Hall–Kier alpha value is -2.10. The fourth-order valence-electron chi connectivity index (χ4n) is 1.60. The average molecular weight is 248 g/mol. The van der Waals surface area contributed by atoms with Crippen LogP contribution in [0.25, 0.3) is 5.57 Å².